The maximum Gasteiger partial charge on any atom is 0.137 e. The molecule has 0 atom stereocenters. The Kier molecular flexibility index (Phi) is 14.8. The molecule has 0 unspecified atom stereocenters. The van der Waals surface area contributed by atoms with Crippen molar-refractivity contribution in [1.29, 1.82) is 0 Å². The van der Waals surface area contributed by atoms with E-state index in [0.717, 1.165) is 61.4 Å². The van der Waals surface area contributed by atoms with Crippen molar-refractivity contribution in [3.63, 3.8) is 0 Å². The van der Waals surface area contributed by atoms with E-state index >= 15 is 0 Å². The monoisotopic (exact) mass is 1170 g/mol. The predicted octanol–water partition coefficient (Wildman–Crippen LogP) is 19.5. The third-order valence-electron chi connectivity index (χ3n) is 14.1. The Balaban J connectivity index is 0.00000729. The normalized spacial score (nSPS) is 12.5. The molecule has 0 saturated heterocycles. The Morgan fingerprint density at radius 1 is 0.486 bits per heavy atom. The number of aromatic hydroxyl groups is 1. The second-order valence-electron chi connectivity index (χ2n) is 25.0. The van der Waals surface area contributed by atoms with Gasteiger partial charge in [0.1, 0.15) is 11.6 Å². The molecule has 6 heteroatoms. The molecule has 0 bridgehead atoms. The third-order valence-corrected chi connectivity index (χ3v) is 15.2. The van der Waals surface area contributed by atoms with Crippen molar-refractivity contribution in [2.45, 2.75) is 131 Å². The smallest absolute Gasteiger partial charge is 0.137 e. The Bertz CT molecular complexity index is 3450. The van der Waals surface area contributed by atoms with Crippen LogP contribution >= 0.6 is 11.3 Å². The molecule has 0 spiro atoms. The summed E-state index contributed by atoms with van der Waals surface area (Å²) in [5.41, 5.74) is 15.5. The molecule has 1 N–H and O–H groups in total. The number of para-hydroxylation sites is 1. The van der Waals surface area contributed by atoms with Crippen molar-refractivity contribution in [2.24, 2.45) is 0 Å². The molecule has 0 fully saturated rings. The van der Waals surface area contributed by atoms with E-state index in [0.29, 0.717) is 17.1 Å². The quantitative estimate of drug-likeness (QED) is 0.154. The Labute approximate surface area is 460 Å². The molecule has 3 aromatic heterocycles. The third kappa shape index (κ3) is 11.3. The van der Waals surface area contributed by atoms with E-state index in [9.17, 15) is 5.11 Å². The summed E-state index contributed by atoms with van der Waals surface area (Å²) in [6.45, 7) is 33.7. The van der Waals surface area contributed by atoms with Gasteiger partial charge in [-0.15, -0.1) is 41.2 Å². The number of rotatable bonds is 8. The second kappa shape index (κ2) is 20.2. The summed E-state index contributed by atoms with van der Waals surface area (Å²) in [7, 11) is 0. The van der Waals surface area contributed by atoms with Gasteiger partial charge >= 0.3 is 0 Å². The molecule has 382 valence electrons. The van der Waals surface area contributed by atoms with Gasteiger partial charge in [0.2, 0.25) is 0 Å². The summed E-state index contributed by atoms with van der Waals surface area (Å²) in [4.78, 5) is 14.2. The van der Waals surface area contributed by atoms with E-state index < -0.39 is 0 Å². The Morgan fingerprint density at radius 2 is 1.08 bits per heavy atom. The average Bonchev–Trinajstić information content (AvgIpc) is 3.78. The van der Waals surface area contributed by atoms with E-state index in [2.05, 4.69) is 266 Å². The van der Waals surface area contributed by atoms with Gasteiger partial charge in [0.25, 0.3) is 0 Å². The van der Waals surface area contributed by atoms with Crippen molar-refractivity contribution in [2.75, 3.05) is 4.90 Å². The van der Waals surface area contributed by atoms with Gasteiger partial charge < -0.3 is 15.0 Å². The molecule has 0 radical (unpaired) electrons. The fourth-order valence-electron chi connectivity index (χ4n) is 9.52. The van der Waals surface area contributed by atoms with Crippen LogP contribution in [0.5, 0.6) is 5.75 Å². The van der Waals surface area contributed by atoms with Crippen LogP contribution in [0.3, 0.4) is 0 Å². The van der Waals surface area contributed by atoms with E-state index in [1.54, 1.807) is 11.3 Å². The molecule has 6 aromatic carbocycles. The van der Waals surface area contributed by atoms with Crippen LogP contribution in [0.1, 0.15) is 132 Å². The Morgan fingerprint density at radius 3 is 1.70 bits per heavy atom. The second-order valence-corrected chi connectivity index (χ2v) is 26.1. The fourth-order valence-corrected chi connectivity index (χ4v) is 10.6. The minimum absolute atomic E-state index is 0. The largest absolute Gasteiger partial charge is 0.507 e. The number of fused-ring (bicyclic) bond motifs is 1. The van der Waals surface area contributed by atoms with Crippen LogP contribution < -0.4 is 4.90 Å². The van der Waals surface area contributed by atoms with Crippen LogP contribution in [0.2, 0.25) is 0 Å². The Hall–Kier alpha value is -6.13. The molecule has 9 aromatic rings. The summed E-state index contributed by atoms with van der Waals surface area (Å²) in [5.74, 6) is 0.947. The van der Waals surface area contributed by atoms with Crippen molar-refractivity contribution >= 4 is 38.6 Å². The predicted molar refractivity (Wildman–Crippen MR) is 313 cm³/mol. The number of nitrogens with zero attached hydrogens (tertiary/aromatic N) is 3. The number of thiophene rings is 1. The average molecular weight is 1170 g/mol. The first-order valence-corrected chi connectivity index (χ1v) is 26.6. The number of phenolic OH excluding ortho intramolecular Hbond substituents is 1. The molecule has 0 amide bonds. The van der Waals surface area contributed by atoms with Crippen molar-refractivity contribution in [3.05, 3.63) is 192 Å². The first-order chi connectivity index (χ1) is 34.2. The standard InChI is InChI=1S/C68H72N3OS.Pt/c1-64(2,3)48-30-28-44(29-31-48)60-42-55-59(73-60)32-33-69-62(55)45-24-21-25-52(36-45)71(58-27-20-19-26-53(58)43-22-17-16-18-23-43)61-38-47(46-34-49(65(4,5)6)39-50(35-46)66(7,8)9)37-57(70-61)54-40-51(67(10,11)12)41-56(63(54)72)68(13,14)15;/h16-35,37-42,72H,1-15H3;/q-1;. The van der Waals surface area contributed by atoms with Gasteiger partial charge in [-0.2, -0.15) is 0 Å². The number of anilines is 3. The van der Waals surface area contributed by atoms with Crippen LogP contribution in [0.15, 0.2) is 158 Å². The number of aromatic nitrogens is 2. The van der Waals surface area contributed by atoms with Crippen molar-refractivity contribution < 1.29 is 26.2 Å². The zero-order valence-electron chi connectivity index (χ0n) is 46.0. The fraction of sp³-hybridized carbons (Fsp3) is 0.294. The summed E-state index contributed by atoms with van der Waals surface area (Å²) in [6.07, 6.45) is 1.92. The first kappa shape index (κ1) is 54.1. The minimum atomic E-state index is -0.337. The summed E-state index contributed by atoms with van der Waals surface area (Å²) in [6, 6.07) is 58.6. The molecule has 0 aliphatic rings. The molecule has 0 aliphatic carbocycles. The number of benzene rings is 6. The molecule has 9 rings (SSSR count). The van der Waals surface area contributed by atoms with Gasteiger partial charge in [0.05, 0.1) is 11.4 Å². The molecule has 3 heterocycles. The first-order valence-electron chi connectivity index (χ1n) is 25.8. The van der Waals surface area contributed by atoms with Crippen molar-refractivity contribution in [3.8, 4) is 61.0 Å². The number of hydrogen-bond acceptors (Lipinski definition) is 5. The summed E-state index contributed by atoms with van der Waals surface area (Å²) in [5, 5.41) is 13.7. The zero-order chi connectivity index (χ0) is 52.4. The topological polar surface area (TPSA) is 49.2 Å². The van der Waals surface area contributed by atoms with Gasteiger partial charge in [-0.1, -0.05) is 201 Å². The van der Waals surface area contributed by atoms with Crippen LogP contribution in [0.25, 0.3) is 65.3 Å². The number of hydrogen-bond donors (Lipinski definition) is 1. The van der Waals surface area contributed by atoms with Gasteiger partial charge in [0, 0.05) is 53.5 Å². The van der Waals surface area contributed by atoms with Gasteiger partial charge in [-0.25, -0.2) is 4.98 Å². The van der Waals surface area contributed by atoms with Crippen LogP contribution in [0, 0.1) is 6.07 Å². The summed E-state index contributed by atoms with van der Waals surface area (Å²) >= 11 is 1.79. The van der Waals surface area contributed by atoms with Crippen LogP contribution in [0.4, 0.5) is 17.2 Å². The molecule has 0 aliphatic heterocycles. The molecular formula is C68H72N3OPtS-. The van der Waals surface area contributed by atoms with E-state index in [1.165, 1.54) is 31.8 Å². The minimum Gasteiger partial charge on any atom is -0.507 e. The van der Waals surface area contributed by atoms with Gasteiger partial charge in [-0.05, 0) is 125 Å². The summed E-state index contributed by atoms with van der Waals surface area (Å²) < 4.78 is 1.17. The van der Waals surface area contributed by atoms with Gasteiger partial charge in [0.15, 0.2) is 0 Å². The van der Waals surface area contributed by atoms with Crippen LogP contribution in [-0.2, 0) is 48.1 Å². The van der Waals surface area contributed by atoms with E-state index in [-0.39, 0.29) is 53.9 Å². The van der Waals surface area contributed by atoms with Gasteiger partial charge in [-0.3, -0.25) is 0 Å². The maximum absolute atomic E-state index is 12.6. The molecule has 4 nitrogen and oxygen atoms in total. The SMILES string of the molecule is CC(C)(C)c1ccc(-c2cc3c(-c4[c-]c(N(c5cc(-c6cc(C(C)(C)C)cc(C(C)(C)C)c6)cc(-c6cc(C(C)(C)C)cc(C(C)(C)C)c6O)n5)c5ccccc5-c5ccccc5)ccc4)nccc3s2)cc1.[Pt]. The maximum atomic E-state index is 12.6. The van der Waals surface area contributed by atoms with E-state index in [1.807, 2.05) is 6.20 Å². The number of phenols is 1. The number of pyridine rings is 2. The molecule has 74 heavy (non-hydrogen) atoms. The van der Waals surface area contributed by atoms with Crippen molar-refractivity contribution in [1.82, 2.24) is 9.97 Å². The van der Waals surface area contributed by atoms with Crippen LogP contribution in [-0.4, -0.2) is 15.1 Å². The molecule has 0 saturated carbocycles. The zero-order valence-corrected chi connectivity index (χ0v) is 49.1. The molecular weight excluding hydrogens is 1100 g/mol. The van der Waals surface area contributed by atoms with E-state index in [4.69, 9.17) is 9.97 Å².